The van der Waals surface area contributed by atoms with Gasteiger partial charge in [0.15, 0.2) is 11.5 Å². The van der Waals surface area contributed by atoms with Gasteiger partial charge in [0.25, 0.3) is 0 Å². The molecule has 0 aliphatic rings. The Morgan fingerprint density at radius 2 is 2.24 bits per heavy atom. The second kappa shape index (κ2) is 8.31. The fraction of sp³-hybridized carbons (Fsp3) is 0.200. The zero-order chi connectivity index (χ0) is 15.8. The summed E-state index contributed by atoms with van der Waals surface area (Å²) in [5.74, 6) is 3.43. The summed E-state index contributed by atoms with van der Waals surface area (Å²) < 4.78 is 11.7. The highest BCUT2D eigenvalue weighted by Crippen LogP contribution is 2.37. The second-order valence-electron chi connectivity index (χ2n) is 3.79. The molecule has 0 fully saturated rings. The molecule has 0 spiro atoms. The third kappa shape index (κ3) is 4.78. The minimum absolute atomic E-state index is 0.0410. The summed E-state index contributed by atoms with van der Waals surface area (Å²) >= 11 is 8.21. The maximum Gasteiger partial charge on any atom is 0.176 e. The highest BCUT2D eigenvalue weighted by atomic mass is 79.9. The van der Waals surface area contributed by atoms with E-state index in [2.05, 4.69) is 21.9 Å². The van der Waals surface area contributed by atoms with Crippen molar-refractivity contribution < 1.29 is 9.47 Å². The maximum absolute atomic E-state index is 8.99. The molecule has 0 aliphatic heterocycles. The molecule has 0 heterocycles. The molecule has 0 atom stereocenters. The Labute approximate surface area is 137 Å². The summed E-state index contributed by atoms with van der Waals surface area (Å²) in [4.78, 5) is 0.0410. The van der Waals surface area contributed by atoms with Crippen molar-refractivity contribution in [3.8, 4) is 29.9 Å². The average Bonchev–Trinajstić information content (AvgIpc) is 2.44. The molecule has 0 bridgehead atoms. The fourth-order valence-corrected chi connectivity index (χ4v) is 2.19. The number of nitriles is 1. The number of benzene rings is 1. The van der Waals surface area contributed by atoms with Crippen LogP contribution >= 0.6 is 28.1 Å². The van der Waals surface area contributed by atoms with E-state index in [1.165, 1.54) is 0 Å². The number of terminal acetylenes is 1. The standard InChI is InChI=1S/C15H13BrN2O2S/c1-3-5-20-14-12(16)7-10(8-13(14)19-4-2)6-11(9-17)15(18)21/h1,6-8H,4-5H2,2H3,(H2,18,21)/b11-6-. The number of hydrogen-bond acceptors (Lipinski definition) is 4. The molecule has 0 radical (unpaired) electrons. The van der Waals surface area contributed by atoms with E-state index in [9.17, 15) is 0 Å². The third-order valence-electron chi connectivity index (χ3n) is 2.33. The lowest BCUT2D eigenvalue weighted by Gasteiger charge is -2.13. The smallest absolute Gasteiger partial charge is 0.176 e. The van der Waals surface area contributed by atoms with Gasteiger partial charge in [-0.1, -0.05) is 18.1 Å². The fourth-order valence-electron chi connectivity index (χ4n) is 1.51. The van der Waals surface area contributed by atoms with Crippen LogP contribution in [0.15, 0.2) is 22.2 Å². The molecule has 1 rings (SSSR count). The average molecular weight is 365 g/mol. The van der Waals surface area contributed by atoms with Crippen molar-refractivity contribution in [2.24, 2.45) is 5.73 Å². The Morgan fingerprint density at radius 1 is 1.52 bits per heavy atom. The predicted molar refractivity (Wildman–Crippen MR) is 90.0 cm³/mol. The summed E-state index contributed by atoms with van der Waals surface area (Å²) in [6, 6.07) is 5.45. The predicted octanol–water partition coefficient (Wildman–Crippen LogP) is 3.05. The van der Waals surface area contributed by atoms with Gasteiger partial charge in [0.1, 0.15) is 17.7 Å². The summed E-state index contributed by atoms with van der Waals surface area (Å²) in [5.41, 5.74) is 6.41. The van der Waals surface area contributed by atoms with Crippen molar-refractivity contribution in [3.63, 3.8) is 0 Å². The van der Waals surface area contributed by atoms with Gasteiger partial charge < -0.3 is 15.2 Å². The van der Waals surface area contributed by atoms with Crippen molar-refractivity contribution >= 4 is 39.2 Å². The Kier molecular flexibility index (Phi) is 6.74. The molecule has 4 nitrogen and oxygen atoms in total. The third-order valence-corrected chi connectivity index (χ3v) is 3.14. The van der Waals surface area contributed by atoms with Gasteiger partial charge in [-0.05, 0) is 46.6 Å². The lowest BCUT2D eigenvalue weighted by molar-refractivity contribution is 0.298. The molecule has 21 heavy (non-hydrogen) atoms. The normalized spacial score (nSPS) is 10.4. The Morgan fingerprint density at radius 3 is 2.76 bits per heavy atom. The van der Waals surface area contributed by atoms with E-state index in [0.717, 1.165) is 0 Å². The van der Waals surface area contributed by atoms with E-state index in [1.807, 2.05) is 13.0 Å². The molecule has 1 aromatic rings. The SMILES string of the molecule is C#CCOc1c(Br)cc(/C=C(/C#N)C(N)=S)cc1OCC. The van der Waals surface area contributed by atoms with Crippen LogP contribution < -0.4 is 15.2 Å². The quantitative estimate of drug-likeness (QED) is 0.363. The van der Waals surface area contributed by atoms with Gasteiger partial charge in [-0.15, -0.1) is 6.42 Å². The summed E-state index contributed by atoms with van der Waals surface area (Å²) in [7, 11) is 0. The molecule has 0 aliphatic carbocycles. The van der Waals surface area contributed by atoms with Gasteiger partial charge in [-0.2, -0.15) is 5.26 Å². The monoisotopic (exact) mass is 364 g/mol. The largest absolute Gasteiger partial charge is 0.490 e. The summed E-state index contributed by atoms with van der Waals surface area (Å²) in [5, 5.41) is 8.99. The molecule has 0 unspecified atom stereocenters. The van der Waals surface area contributed by atoms with Crippen LogP contribution in [-0.2, 0) is 0 Å². The lowest BCUT2D eigenvalue weighted by Crippen LogP contribution is -2.09. The first kappa shape index (κ1) is 17.0. The summed E-state index contributed by atoms with van der Waals surface area (Å²) in [6.07, 6.45) is 6.78. The van der Waals surface area contributed by atoms with Crippen molar-refractivity contribution in [2.45, 2.75) is 6.92 Å². The van der Waals surface area contributed by atoms with Gasteiger partial charge in [0.2, 0.25) is 0 Å². The molecule has 0 aromatic heterocycles. The number of rotatable bonds is 6. The van der Waals surface area contributed by atoms with Crippen molar-refractivity contribution in [1.29, 1.82) is 5.26 Å². The van der Waals surface area contributed by atoms with Crippen molar-refractivity contribution in [3.05, 3.63) is 27.7 Å². The van der Waals surface area contributed by atoms with Crippen LogP contribution in [0.5, 0.6) is 11.5 Å². The molecule has 6 heteroatoms. The molecule has 0 saturated heterocycles. The lowest BCUT2D eigenvalue weighted by atomic mass is 10.1. The number of halogens is 1. The minimum atomic E-state index is 0.0410. The molecular formula is C15H13BrN2O2S. The van der Waals surface area contributed by atoms with E-state index < -0.39 is 0 Å². The van der Waals surface area contributed by atoms with Gasteiger partial charge in [-0.3, -0.25) is 0 Å². The summed E-state index contributed by atoms with van der Waals surface area (Å²) in [6.45, 7) is 2.45. The van der Waals surface area contributed by atoms with Crippen LogP contribution in [0.1, 0.15) is 12.5 Å². The van der Waals surface area contributed by atoms with E-state index >= 15 is 0 Å². The molecule has 0 amide bonds. The first-order valence-corrected chi connectivity index (χ1v) is 7.17. The van der Waals surface area contributed by atoms with Gasteiger partial charge in [-0.25, -0.2) is 0 Å². The maximum atomic E-state index is 8.99. The number of ether oxygens (including phenoxy) is 2. The van der Waals surface area contributed by atoms with Crippen molar-refractivity contribution in [1.82, 2.24) is 0 Å². The van der Waals surface area contributed by atoms with Gasteiger partial charge in [0.05, 0.1) is 16.7 Å². The minimum Gasteiger partial charge on any atom is -0.490 e. The van der Waals surface area contributed by atoms with Crippen LogP contribution in [0.3, 0.4) is 0 Å². The van der Waals surface area contributed by atoms with E-state index in [4.69, 9.17) is 39.1 Å². The Hall–Kier alpha value is -2.02. The molecule has 2 N–H and O–H groups in total. The molecular weight excluding hydrogens is 352 g/mol. The number of nitrogens with zero attached hydrogens (tertiary/aromatic N) is 1. The van der Waals surface area contributed by atoms with Crippen LogP contribution in [-0.4, -0.2) is 18.2 Å². The molecule has 0 saturated carbocycles. The molecule has 108 valence electrons. The zero-order valence-corrected chi connectivity index (χ0v) is 13.8. The van der Waals surface area contributed by atoms with E-state index in [1.54, 1.807) is 18.2 Å². The van der Waals surface area contributed by atoms with E-state index in [-0.39, 0.29) is 17.2 Å². The second-order valence-corrected chi connectivity index (χ2v) is 5.08. The van der Waals surface area contributed by atoms with Gasteiger partial charge >= 0.3 is 0 Å². The first-order chi connectivity index (χ1) is 10.0. The molecule has 1 aromatic carbocycles. The van der Waals surface area contributed by atoms with Gasteiger partial charge in [0, 0.05) is 0 Å². The van der Waals surface area contributed by atoms with Crippen LogP contribution in [0.2, 0.25) is 0 Å². The zero-order valence-electron chi connectivity index (χ0n) is 11.4. The van der Waals surface area contributed by atoms with Crippen molar-refractivity contribution in [2.75, 3.05) is 13.2 Å². The highest BCUT2D eigenvalue weighted by Gasteiger charge is 2.12. The topological polar surface area (TPSA) is 68.3 Å². The van der Waals surface area contributed by atoms with E-state index in [0.29, 0.717) is 28.1 Å². The number of thiocarbonyl (C=S) groups is 1. The first-order valence-electron chi connectivity index (χ1n) is 5.97. The van der Waals surface area contributed by atoms with Crippen LogP contribution in [0.25, 0.3) is 6.08 Å². The Bertz CT molecular complexity index is 657. The number of hydrogen-bond donors (Lipinski definition) is 1. The van der Waals surface area contributed by atoms with Crippen LogP contribution in [0.4, 0.5) is 0 Å². The number of nitrogens with two attached hydrogens (primary N) is 1. The highest BCUT2D eigenvalue weighted by molar-refractivity contribution is 9.10. The van der Waals surface area contributed by atoms with Crippen LogP contribution in [0, 0.1) is 23.7 Å². The Balaban J connectivity index is 3.30.